The highest BCUT2D eigenvalue weighted by molar-refractivity contribution is 8.16. The third-order valence-electron chi connectivity index (χ3n) is 3.55. The lowest BCUT2D eigenvalue weighted by atomic mass is 10.1. The van der Waals surface area contributed by atoms with Crippen LogP contribution in [0.1, 0.15) is 15.9 Å². The number of amides is 2. The van der Waals surface area contributed by atoms with Crippen LogP contribution in [-0.2, 0) is 4.79 Å². The predicted molar refractivity (Wildman–Crippen MR) is 92.5 cm³/mol. The molecule has 0 aromatic heterocycles. The van der Waals surface area contributed by atoms with Crippen LogP contribution >= 0.6 is 11.8 Å². The van der Waals surface area contributed by atoms with Crippen molar-refractivity contribution in [1.29, 1.82) is 0 Å². The van der Waals surface area contributed by atoms with E-state index in [0.717, 1.165) is 22.2 Å². The number of nitrogens with zero attached hydrogens (tertiary/aromatic N) is 1. The van der Waals surface area contributed by atoms with E-state index < -0.39 is 22.5 Å². The maximum absolute atomic E-state index is 12.6. The summed E-state index contributed by atoms with van der Waals surface area (Å²) < 4.78 is 0. The number of aryl methyl sites for hydroxylation is 1. The Hall–Kier alpha value is -2.80. The second kappa shape index (κ2) is 6.37. The summed E-state index contributed by atoms with van der Waals surface area (Å²) in [5.74, 6) is -1.52. The van der Waals surface area contributed by atoms with Crippen molar-refractivity contribution in [3.05, 3.63) is 59.7 Å². The topological polar surface area (TPSA) is 86.7 Å². The van der Waals surface area contributed by atoms with Gasteiger partial charge < -0.3 is 10.4 Å². The van der Waals surface area contributed by atoms with Crippen LogP contribution in [0.3, 0.4) is 0 Å². The quantitative estimate of drug-likeness (QED) is 0.886. The molecule has 1 aliphatic heterocycles. The maximum Gasteiger partial charge on any atom is 0.337 e. The van der Waals surface area contributed by atoms with Crippen molar-refractivity contribution >= 4 is 40.3 Å². The third-order valence-corrected chi connectivity index (χ3v) is 4.49. The van der Waals surface area contributed by atoms with Crippen LogP contribution in [0.15, 0.2) is 48.5 Å². The van der Waals surface area contributed by atoms with Crippen LogP contribution in [0, 0.1) is 6.92 Å². The molecule has 1 atom stereocenters. The van der Waals surface area contributed by atoms with Crippen molar-refractivity contribution in [3.8, 4) is 0 Å². The summed E-state index contributed by atoms with van der Waals surface area (Å²) >= 11 is 0.831. The SMILES string of the molecule is Cc1ccc(C(=O)O)c(N[C@H]2SC(=O)N(c3ccccc3)C2=O)c1. The first kappa shape index (κ1) is 16.1. The molecular weight excluding hydrogens is 328 g/mol. The average molecular weight is 342 g/mol. The van der Waals surface area contributed by atoms with E-state index in [2.05, 4.69) is 5.32 Å². The number of thioether (sulfide) groups is 1. The van der Waals surface area contributed by atoms with Crippen LogP contribution in [-0.4, -0.2) is 27.6 Å². The molecular formula is C17H14N2O4S. The summed E-state index contributed by atoms with van der Waals surface area (Å²) in [7, 11) is 0. The highest BCUT2D eigenvalue weighted by Crippen LogP contribution is 2.33. The highest BCUT2D eigenvalue weighted by Gasteiger charge is 2.41. The number of hydrogen-bond donors (Lipinski definition) is 2. The lowest BCUT2D eigenvalue weighted by molar-refractivity contribution is -0.116. The Kier molecular flexibility index (Phi) is 4.26. The van der Waals surface area contributed by atoms with Gasteiger partial charge in [-0.25, -0.2) is 9.69 Å². The van der Waals surface area contributed by atoms with E-state index in [1.807, 2.05) is 6.92 Å². The van der Waals surface area contributed by atoms with Gasteiger partial charge in [-0.3, -0.25) is 9.59 Å². The van der Waals surface area contributed by atoms with Gasteiger partial charge in [0.2, 0.25) is 0 Å². The zero-order valence-corrected chi connectivity index (χ0v) is 13.5. The molecule has 2 aromatic carbocycles. The molecule has 0 bridgehead atoms. The van der Waals surface area contributed by atoms with Crippen LogP contribution in [0.25, 0.3) is 0 Å². The Labute approximate surface area is 142 Å². The van der Waals surface area contributed by atoms with Gasteiger partial charge >= 0.3 is 5.97 Å². The predicted octanol–water partition coefficient (Wildman–Crippen LogP) is 3.33. The number of anilines is 2. The number of carboxylic acids is 1. The Morgan fingerprint density at radius 1 is 1.17 bits per heavy atom. The van der Waals surface area contributed by atoms with E-state index >= 15 is 0 Å². The van der Waals surface area contributed by atoms with Gasteiger partial charge in [-0.2, -0.15) is 0 Å². The van der Waals surface area contributed by atoms with E-state index in [1.54, 1.807) is 42.5 Å². The monoisotopic (exact) mass is 342 g/mol. The molecule has 0 radical (unpaired) electrons. The molecule has 1 fully saturated rings. The minimum atomic E-state index is -1.10. The van der Waals surface area contributed by atoms with Crippen LogP contribution in [0.4, 0.5) is 16.2 Å². The fourth-order valence-electron chi connectivity index (χ4n) is 2.42. The molecule has 3 rings (SSSR count). The molecule has 1 saturated heterocycles. The standard InChI is InChI=1S/C17H14N2O4S/c1-10-7-8-12(16(21)22)13(9-10)18-14-15(20)19(17(23)24-14)11-5-3-2-4-6-11/h2-9,14,18H,1H3,(H,21,22)/t14-/m0/s1. The number of benzene rings is 2. The summed E-state index contributed by atoms with van der Waals surface area (Å²) in [6, 6.07) is 13.4. The highest BCUT2D eigenvalue weighted by atomic mass is 32.2. The number of para-hydroxylation sites is 1. The first-order valence-corrected chi connectivity index (χ1v) is 8.05. The van der Waals surface area contributed by atoms with E-state index in [4.69, 9.17) is 0 Å². The summed E-state index contributed by atoms with van der Waals surface area (Å²) in [6.45, 7) is 1.82. The Morgan fingerprint density at radius 3 is 2.54 bits per heavy atom. The largest absolute Gasteiger partial charge is 0.478 e. The van der Waals surface area contributed by atoms with Crippen LogP contribution in [0.5, 0.6) is 0 Å². The number of carbonyl (C=O) groups is 3. The van der Waals surface area contributed by atoms with Gasteiger partial charge in [0.25, 0.3) is 11.1 Å². The number of carbonyl (C=O) groups excluding carboxylic acids is 2. The number of imide groups is 1. The van der Waals surface area contributed by atoms with Gasteiger partial charge in [-0.15, -0.1) is 0 Å². The molecule has 1 heterocycles. The minimum Gasteiger partial charge on any atom is -0.478 e. The molecule has 6 nitrogen and oxygen atoms in total. The molecule has 2 aromatic rings. The van der Waals surface area contributed by atoms with Gasteiger partial charge in [0.1, 0.15) is 0 Å². The summed E-state index contributed by atoms with van der Waals surface area (Å²) in [4.78, 5) is 37.2. The Balaban J connectivity index is 1.88. The maximum atomic E-state index is 12.6. The van der Waals surface area contributed by atoms with Crippen molar-refractivity contribution in [3.63, 3.8) is 0 Å². The van der Waals surface area contributed by atoms with E-state index in [-0.39, 0.29) is 5.56 Å². The second-order valence-electron chi connectivity index (χ2n) is 5.27. The van der Waals surface area contributed by atoms with Crippen LogP contribution < -0.4 is 10.2 Å². The van der Waals surface area contributed by atoms with Gasteiger partial charge in [0.05, 0.1) is 16.9 Å². The molecule has 0 saturated carbocycles. The van der Waals surface area contributed by atoms with Gasteiger partial charge in [0, 0.05) is 0 Å². The van der Waals surface area contributed by atoms with Crippen molar-refractivity contribution in [2.45, 2.75) is 12.3 Å². The van der Waals surface area contributed by atoms with E-state index in [0.29, 0.717) is 11.4 Å². The van der Waals surface area contributed by atoms with Crippen LogP contribution in [0.2, 0.25) is 0 Å². The normalized spacial score (nSPS) is 17.2. The number of carboxylic acid groups (broad SMARTS) is 1. The van der Waals surface area contributed by atoms with E-state index in [1.165, 1.54) is 6.07 Å². The lowest BCUT2D eigenvalue weighted by Crippen LogP contribution is -2.34. The molecule has 0 aliphatic carbocycles. The lowest BCUT2D eigenvalue weighted by Gasteiger charge is -2.16. The third kappa shape index (κ3) is 2.98. The zero-order valence-electron chi connectivity index (χ0n) is 12.7. The Morgan fingerprint density at radius 2 is 1.88 bits per heavy atom. The summed E-state index contributed by atoms with van der Waals surface area (Å²) in [6.07, 6.45) is 0. The smallest absolute Gasteiger partial charge is 0.337 e. The van der Waals surface area contributed by atoms with Crippen molar-refractivity contribution in [2.24, 2.45) is 0 Å². The molecule has 24 heavy (non-hydrogen) atoms. The molecule has 122 valence electrons. The van der Waals surface area contributed by atoms with Crippen molar-refractivity contribution < 1.29 is 19.5 Å². The fraction of sp³-hybridized carbons (Fsp3) is 0.118. The zero-order chi connectivity index (χ0) is 17.3. The summed E-state index contributed by atoms with van der Waals surface area (Å²) in [5, 5.41) is 10.9. The number of hydrogen-bond acceptors (Lipinski definition) is 5. The minimum absolute atomic E-state index is 0.0552. The van der Waals surface area contributed by atoms with Crippen molar-refractivity contribution in [2.75, 3.05) is 10.2 Å². The second-order valence-corrected chi connectivity index (χ2v) is 6.33. The molecule has 0 unspecified atom stereocenters. The van der Waals surface area contributed by atoms with Gasteiger partial charge in [-0.1, -0.05) is 24.3 Å². The number of nitrogens with one attached hydrogen (secondary N) is 1. The molecule has 0 spiro atoms. The first-order chi connectivity index (χ1) is 11.5. The van der Waals surface area contributed by atoms with E-state index in [9.17, 15) is 19.5 Å². The molecule has 7 heteroatoms. The molecule has 2 N–H and O–H groups in total. The average Bonchev–Trinajstić information content (AvgIpc) is 2.82. The molecule has 2 amide bonds. The van der Waals surface area contributed by atoms with Gasteiger partial charge in [0.15, 0.2) is 5.37 Å². The fourth-order valence-corrected chi connectivity index (χ4v) is 3.31. The number of aromatic carboxylic acids is 1. The molecule has 1 aliphatic rings. The van der Waals surface area contributed by atoms with Crippen molar-refractivity contribution in [1.82, 2.24) is 0 Å². The summed E-state index contributed by atoms with van der Waals surface area (Å²) in [5.41, 5.74) is 1.71. The first-order valence-electron chi connectivity index (χ1n) is 7.17. The Bertz CT molecular complexity index is 823. The van der Waals surface area contributed by atoms with Gasteiger partial charge in [-0.05, 0) is 48.5 Å². The number of rotatable bonds is 4.